The molecule has 4 nitrogen and oxygen atoms in total. The third-order valence-electron chi connectivity index (χ3n) is 5.84. The summed E-state index contributed by atoms with van der Waals surface area (Å²) in [7, 11) is 1.70. The Morgan fingerprint density at radius 3 is 2.32 bits per heavy atom. The normalized spacial score (nSPS) is 19.4. The molecular formula is C24H31N3O. The fourth-order valence-electron chi connectivity index (χ4n) is 4.19. The highest BCUT2D eigenvalue weighted by Crippen LogP contribution is 2.29. The first-order valence-corrected chi connectivity index (χ1v) is 10.2. The summed E-state index contributed by atoms with van der Waals surface area (Å²) in [4.78, 5) is 2.52. The van der Waals surface area contributed by atoms with Crippen LogP contribution in [0, 0.1) is 23.2 Å². The van der Waals surface area contributed by atoms with Gasteiger partial charge < -0.3 is 10.5 Å². The summed E-state index contributed by atoms with van der Waals surface area (Å²) in [5.74, 6) is 2.32. The molecule has 2 N–H and O–H groups in total. The van der Waals surface area contributed by atoms with Gasteiger partial charge in [0.05, 0.1) is 18.7 Å². The van der Waals surface area contributed by atoms with Crippen LogP contribution in [-0.2, 0) is 13.1 Å². The molecule has 0 saturated heterocycles. The van der Waals surface area contributed by atoms with Crippen LogP contribution in [0.2, 0.25) is 0 Å². The summed E-state index contributed by atoms with van der Waals surface area (Å²) in [5.41, 5.74) is 9.07. The van der Waals surface area contributed by atoms with Crippen LogP contribution in [-0.4, -0.2) is 25.1 Å². The van der Waals surface area contributed by atoms with Crippen molar-refractivity contribution in [1.82, 2.24) is 4.90 Å². The van der Waals surface area contributed by atoms with Gasteiger partial charge >= 0.3 is 0 Å². The molecule has 1 aliphatic carbocycles. The molecule has 3 rings (SSSR count). The smallest absolute Gasteiger partial charge is 0.118 e. The topological polar surface area (TPSA) is 62.3 Å². The molecule has 0 amide bonds. The molecule has 0 aromatic heterocycles. The van der Waals surface area contributed by atoms with E-state index in [2.05, 4.69) is 29.2 Å². The van der Waals surface area contributed by atoms with Crippen LogP contribution in [0.15, 0.2) is 48.5 Å². The molecule has 0 aliphatic heterocycles. The van der Waals surface area contributed by atoms with E-state index in [9.17, 15) is 5.26 Å². The van der Waals surface area contributed by atoms with Crippen molar-refractivity contribution in [3.8, 4) is 11.8 Å². The molecule has 148 valence electrons. The Morgan fingerprint density at radius 1 is 1.00 bits per heavy atom. The molecule has 1 aliphatic rings. The van der Waals surface area contributed by atoms with Crippen LogP contribution in [0.25, 0.3) is 0 Å². The predicted molar refractivity (Wildman–Crippen MR) is 113 cm³/mol. The molecule has 2 aromatic rings. The van der Waals surface area contributed by atoms with Gasteiger partial charge in [-0.3, -0.25) is 4.90 Å². The van der Waals surface area contributed by atoms with E-state index in [1.54, 1.807) is 7.11 Å². The average molecular weight is 378 g/mol. The maximum absolute atomic E-state index is 9.20. The van der Waals surface area contributed by atoms with Crippen molar-refractivity contribution in [2.75, 3.05) is 20.2 Å². The van der Waals surface area contributed by atoms with Gasteiger partial charge in [-0.15, -0.1) is 0 Å². The van der Waals surface area contributed by atoms with Crippen molar-refractivity contribution < 1.29 is 4.74 Å². The molecule has 0 spiro atoms. The summed E-state index contributed by atoms with van der Waals surface area (Å²) < 4.78 is 5.28. The zero-order valence-electron chi connectivity index (χ0n) is 16.8. The van der Waals surface area contributed by atoms with Crippen LogP contribution < -0.4 is 10.5 Å². The molecule has 28 heavy (non-hydrogen) atoms. The first-order chi connectivity index (χ1) is 13.7. The van der Waals surface area contributed by atoms with Crippen molar-refractivity contribution in [2.45, 2.75) is 38.8 Å². The summed E-state index contributed by atoms with van der Waals surface area (Å²) in [6.07, 6.45) is 5.03. The Morgan fingerprint density at radius 2 is 1.68 bits per heavy atom. The Balaban J connectivity index is 1.69. The quantitative estimate of drug-likeness (QED) is 0.743. The van der Waals surface area contributed by atoms with E-state index in [1.807, 2.05) is 30.3 Å². The summed E-state index contributed by atoms with van der Waals surface area (Å²) in [6, 6.07) is 18.6. The van der Waals surface area contributed by atoms with Crippen molar-refractivity contribution >= 4 is 0 Å². The highest BCUT2D eigenvalue weighted by atomic mass is 16.5. The number of nitriles is 1. The van der Waals surface area contributed by atoms with Crippen molar-refractivity contribution in [2.24, 2.45) is 17.6 Å². The van der Waals surface area contributed by atoms with Crippen LogP contribution in [0.5, 0.6) is 5.75 Å². The monoisotopic (exact) mass is 377 g/mol. The molecular weight excluding hydrogens is 346 g/mol. The largest absolute Gasteiger partial charge is 0.497 e. The van der Waals surface area contributed by atoms with E-state index in [4.69, 9.17) is 10.5 Å². The zero-order valence-corrected chi connectivity index (χ0v) is 16.8. The molecule has 2 aromatic carbocycles. The minimum absolute atomic E-state index is 0.707. The first kappa shape index (κ1) is 20.4. The van der Waals surface area contributed by atoms with Crippen LogP contribution in [0.3, 0.4) is 0 Å². The molecule has 0 heterocycles. The van der Waals surface area contributed by atoms with Gasteiger partial charge in [0, 0.05) is 19.6 Å². The second kappa shape index (κ2) is 10.3. The highest BCUT2D eigenvalue weighted by molar-refractivity contribution is 5.33. The Kier molecular flexibility index (Phi) is 7.47. The molecule has 0 unspecified atom stereocenters. The van der Waals surface area contributed by atoms with E-state index in [0.29, 0.717) is 5.92 Å². The van der Waals surface area contributed by atoms with Gasteiger partial charge in [0.1, 0.15) is 5.75 Å². The SMILES string of the molecule is COc1ccc(CN(Cc2cccc(C#N)c2)CC2CCC(CN)CC2)cc1. The number of nitrogens with two attached hydrogens (primary N) is 1. The molecule has 0 atom stereocenters. The lowest BCUT2D eigenvalue weighted by Gasteiger charge is -2.32. The van der Waals surface area contributed by atoms with Crippen molar-refractivity contribution in [3.05, 3.63) is 65.2 Å². The Hall–Kier alpha value is -2.35. The standard InChI is InChI=1S/C24H31N3O/c1-28-24-11-9-21(10-12-24)17-27(16-20-7-5-19(14-25)6-8-20)18-23-4-2-3-22(13-23)15-26/h2-4,9-13,19-20H,5-8,14,16-18,25H2,1H3. The maximum atomic E-state index is 9.20. The van der Waals surface area contributed by atoms with Crippen molar-refractivity contribution in [3.63, 3.8) is 0 Å². The maximum Gasteiger partial charge on any atom is 0.118 e. The fourth-order valence-corrected chi connectivity index (χ4v) is 4.19. The lowest BCUT2D eigenvalue weighted by molar-refractivity contribution is 0.170. The van der Waals surface area contributed by atoms with Gasteiger partial charge in [0.2, 0.25) is 0 Å². The lowest BCUT2D eigenvalue weighted by Crippen LogP contribution is -2.32. The van der Waals surface area contributed by atoms with E-state index < -0.39 is 0 Å². The number of hydrogen-bond acceptors (Lipinski definition) is 4. The van der Waals surface area contributed by atoms with Crippen molar-refractivity contribution in [1.29, 1.82) is 5.26 Å². The minimum atomic E-state index is 0.707. The third-order valence-corrected chi connectivity index (χ3v) is 5.84. The summed E-state index contributed by atoms with van der Waals surface area (Å²) >= 11 is 0. The summed E-state index contributed by atoms with van der Waals surface area (Å²) in [6.45, 7) is 3.67. The van der Waals surface area contributed by atoms with E-state index >= 15 is 0 Å². The zero-order chi connectivity index (χ0) is 19.8. The van der Waals surface area contributed by atoms with E-state index in [-0.39, 0.29) is 0 Å². The molecule has 4 heteroatoms. The van der Waals surface area contributed by atoms with Crippen LogP contribution in [0.1, 0.15) is 42.4 Å². The number of methoxy groups -OCH3 is 1. The second-order valence-electron chi connectivity index (χ2n) is 7.95. The molecule has 1 fully saturated rings. The minimum Gasteiger partial charge on any atom is -0.497 e. The van der Waals surface area contributed by atoms with E-state index in [0.717, 1.165) is 43.4 Å². The molecule has 0 radical (unpaired) electrons. The Bertz CT molecular complexity index is 773. The van der Waals surface area contributed by atoms with Crippen LogP contribution >= 0.6 is 0 Å². The van der Waals surface area contributed by atoms with Gasteiger partial charge in [0.25, 0.3) is 0 Å². The van der Waals surface area contributed by atoms with Gasteiger partial charge in [-0.05, 0) is 79.5 Å². The molecule has 1 saturated carbocycles. The summed E-state index contributed by atoms with van der Waals surface area (Å²) in [5, 5.41) is 9.20. The highest BCUT2D eigenvalue weighted by Gasteiger charge is 2.22. The first-order valence-electron chi connectivity index (χ1n) is 10.2. The van der Waals surface area contributed by atoms with Gasteiger partial charge in [-0.2, -0.15) is 5.26 Å². The number of ether oxygens (including phenoxy) is 1. The lowest BCUT2D eigenvalue weighted by atomic mass is 9.82. The van der Waals surface area contributed by atoms with Crippen LogP contribution in [0.4, 0.5) is 0 Å². The molecule has 0 bridgehead atoms. The van der Waals surface area contributed by atoms with Gasteiger partial charge in [-0.25, -0.2) is 0 Å². The average Bonchev–Trinajstić information content (AvgIpc) is 2.75. The number of rotatable bonds is 8. The Labute approximate surface area is 168 Å². The van der Waals surface area contributed by atoms with E-state index in [1.165, 1.54) is 36.8 Å². The van der Waals surface area contributed by atoms with Gasteiger partial charge in [-0.1, -0.05) is 24.3 Å². The fraction of sp³-hybridized carbons (Fsp3) is 0.458. The number of nitrogens with zero attached hydrogens (tertiary/aromatic N) is 2. The third kappa shape index (κ3) is 5.82. The predicted octanol–water partition coefficient (Wildman–Crippen LogP) is 4.33. The van der Waals surface area contributed by atoms with Gasteiger partial charge in [0.15, 0.2) is 0 Å². The number of hydrogen-bond donors (Lipinski definition) is 1. The second-order valence-corrected chi connectivity index (χ2v) is 7.95. The number of benzene rings is 2.